The minimum Gasteiger partial charge on any atom is -0.449 e. The van der Waals surface area contributed by atoms with E-state index in [4.69, 9.17) is 34.7 Å². The van der Waals surface area contributed by atoms with Crippen molar-refractivity contribution in [1.82, 2.24) is 29.0 Å². The first kappa shape index (κ1) is 50.5. The van der Waals surface area contributed by atoms with E-state index in [0.29, 0.717) is 11.1 Å². The number of nitrogens with one attached hydrogen (secondary N) is 1. The summed E-state index contributed by atoms with van der Waals surface area (Å²) < 4.78 is 47.5. The summed E-state index contributed by atoms with van der Waals surface area (Å²) in [6, 6.07) is 48.3. The van der Waals surface area contributed by atoms with Gasteiger partial charge in [-0.2, -0.15) is 4.98 Å². The molecule has 1 aliphatic heterocycles. The summed E-state index contributed by atoms with van der Waals surface area (Å²) in [4.78, 5) is 48.1. The van der Waals surface area contributed by atoms with Gasteiger partial charge in [-0.1, -0.05) is 140 Å². The number of hydrogen-bond acceptors (Lipinski definition) is 11. The van der Waals surface area contributed by atoms with Crippen LogP contribution in [0, 0.1) is 0 Å². The predicted molar refractivity (Wildman–Crippen MR) is 276 cm³/mol. The first-order valence-corrected chi connectivity index (χ1v) is 26.3. The van der Waals surface area contributed by atoms with Crippen molar-refractivity contribution in [3.63, 3.8) is 0 Å². The van der Waals surface area contributed by atoms with Crippen molar-refractivity contribution in [2.24, 2.45) is 0 Å². The standard InChI is InChI=1S/C55H58ClN6O9P/c1-54(2,3)71-53(65)62-42(35-67-30-29-57-52(64)68-37-48-46-27-17-15-25-44(46)45-26-16-18-28-47(45)48)31-38-32-61(51(63)58-50(38)62)49-34-60(33-43(70-49)36-69-72(56,66)59(4)5)55(39-19-9-6-10-20-39,40-21-11-7-12-22-40)41-23-13-8-14-24-41/h6-28,31-32,43,48-49H,29-30,33-37H2,1-5H3,(H,57,64)/t43-,49-,72?/m0/s1. The van der Waals surface area contributed by atoms with Gasteiger partial charge in [0.2, 0.25) is 0 Å². The van der Waals surface area contributed by atoms with Crippen LogP contribution < -0.4 is 11.0 Å². The molecule has 1 aliphatic carbocycles. The number of alkyl carbamates (subject to hydrolysis) is 1. The fourth-order valence-electron chi connectivity index (χ4n) is 9.72. The maximum Gasteiger partial charge on any atom is 0.420 e. The van der Waals surface area contributed by atoms with Gasteiger partial charge in [-0.3, -0.25) is 14.0 Å². The Morgan fingerprint density at radius 1 is 0.806 bits per heavy atom. The number of aromatic nitrogens is 3. The average Bonchev–Trinajstić information content (AvgIpc) is 3.90. The second-order valence-corrected chi connectivity index (χ2v) is 22.2. The zero-order chi connectivity index (χ0) is 50.6. The molecule has 374 valence electrons. The minimum absolute atomic E-state index is 0.0645. The maximum absolute atomic E-state index is 14.5. The smallest absolute Gasteiger partial charge is 0.420 e. The third-order valence-corrected chi connectivity index (χ3v) is 15.5. The van der Waals surface area contributed by atoms with E-state index in [2.05, 4.69) is 75.9 Å². The molecule has 72 heavy (non-hydrogen) atoms. The number of ether oxygens (including phenoxy) is 4. The average molecular weight is 1010 g/mol. The largest absolute Gasteiger partial charge is 0.449 e. The Morgan fingerprint density at radius 3 is 1.92 bits per heavy atom. The van der Waals surface area contributed by atoms with Crippen LogP contribution in [0.3, 0.4) is 0 Å². The van der Waals surface area contributed by atoms with Crippen LogP contribution in [0.25, 0.3) is 22.2 Å². The number of nitrogens with zero attached hydrogens (tertiary/aromatic N) is 5. The van der Waals surface area contributed by atoms with Crippen LogP contribution in [0.2, 0.25) is 0 Å². The fourth-order valence-corrected chi connectivity index (χ4v) is 10.5. The number of rotatable bonds is 16. The summed E-state index contributed by atoms with van der Waals surface area (Å²) in [7, 11) is 3.15. The molecular weight excluding hydrogens is 955 g/mol. The molecule has 15 nitrogen and oxygen atoms in total. The molecule has 0 spiro atoms. The monoisotopic (exact) mass is 1010 g/mol. The summed E-state index contributed by atoms with van der Waals surface area (Å²) in [6.45, 7) is 2.06. The Bertz CT molecular complexity index is 3000. The van der Waals surface area contributed by atoms with E-state index in [1.807, 2.05) is 78.9 Å². The quantitative estimate of drug-likeness (QED) is 0.0556. The van der Waals surface area contributed by atoms with E-state index in [1.54, 1.807) is 47.1 Å². The molecule has 2 aromatic heterocycles. The molecule has 0 saturated carbocycles. The molecule has 5 aromatic carbocycles. The summed E-state index contributed by atoms with van der Waals surface area (Å²) in [6.07, 6.45) is -1.46. The minimum atomic E-state index is -3.73. The molecular formula is C55H58ClN6O9P. The molecule has 3 heterocycles. The molecule has 1 amide bonds. The highest BCUT2D eigenvalue weighted by molar-refractivity contribution is 7.83. The highest BCUT2D eigenvalue weighted by Crippen LogP contribution is 2.54. The van der Waals surface area contributed by atoms with Gasteiger partial charge in [0.1, 0.15) is 12.2 Å². The highest BCUT2D eigenvalue weighted by Gasteiger charge is 2.47. The predicted octanol–water partition coefficient (Wildman–Crippen LogP) is 10.2. The molecule has 1 saturated heterocycles. The van der Waals surface area contributed by atoms with E-state index in [0.717, 1.165) is 38.9 Å². The highest BCUT2D eigenvalue weighted by atomic mass is 35.7. The van der Waals surface area contributed by atoms with Crippen molar-refractivity contribution in [2.45, 2.75) is 56.8 Å². The SMILES string of the molecule is CN(C)P(=O)(Cl)OC[C@@H]1CN(C(c2ccccc2)(c2ccccc2)c2ccccc2)C[C@@H](n2cc3cc(COCCNC(=O)OCC4c5ccccc5-c5ccccc54)n(C(=O)OC(C)(C)C)c3nc2=O)O1. The van der Waals surface area contributed by atoms with Crippen LogP contribution in [-0.2, 0) is 40.2 Å². The number of carbonyl (C=O) groups excluding carboxylic acids is 2. The van der Waals surface area contributed by atoms with Crippen LogP contribution in [0.5, 0.6) is 0 Å². The van der Waals surface area contributed by atoms with Gasteiger partial charge >= 0.3 is 24.7 Å². The van der Waals surface area contributed by atoms with E-state index in [1.165, 1.54) is 13.8 Å². The summed E-state index contributed by atoms with van der Waals surface area (Å²) in [5, 5.41) is 3.20. The maximum atomic E-state index is 14.5. The Balaban J connectivity index is 0.993. The third kappa shape index (κ3) is 10.6. The van der Waals surface area contributed by atoms with Gasteiger partial charge in [0.15, 0.2) is 11.9 Å². The first-order valence-electron chi connectivity index (χ1n) is 23.9. The summed E-state index contributed by atoms with van der Waals surface area (Å²) in [5.74, 6) is -0.0825. The zero-order valence-electron chi connectivity index (χ0n) is 40.9. The first-order chi connectivity index (χ1) is 34.6. The van der Waals surface area contributed by atoms with Crippen LogP contribution in [0.15, 0.2) is 157 Å². The zero-order valence-corrected chi connectivity index (χ0v) is 42.5. The Morgan fingerprint density at radius 2 is 1.36 bits per heavy atom. The lowest BCUT2D eigenvalue weighted by Gasteiger charge is -2.50. The second kappa shape index (κ2) is 21.3. The number of benzene rings is 5. The molecule has 3 atom stereocenters. The topological polar surface area (TPSA) is 156 Å². The Kier molecular flexibility index (Phi) is 15.0. The van der Waals surface area contributed by atoms with Crippen LogP contribution in [0.4, 0.5) is 9.59 Å². The van der Waals surface area contributed by atoms with Crippen LogP contribution in [-0.4, -0.2) is 101 Å². The Labute approximate surface area is 423 Å². The third-order valence-electron chi connectivity index (χ3n) is 12.9. The lowest BCUT2D eigenvalue weighted by Crippen LogP contribution is -2.58. The van der Waals surface area contributed by atoms with Crippen molar-refractivity contribution < 1.29 is 37.6 Å². The van der Waals surface area contributed by atoms with E-state index < -0.39 is 48.2 Å². The van der Waals surface area contributed by atoms with Gasteiger partial charge in [-0.05, 0) is 91.1 Å². The van der Waals surface area contributed by atoms with Crippen molar-refractivity contribution >= 4 is 41.3 Å². The number of hydrogen-bond donors (Lipinski definition) is 1. The van der Waals surface area contributed by atoms with Gasteiger partial charge in [0.25, 0.3) is 0 Å². The number of halogens is 1. The summed E-state index contributed by atoms with van der Waals surface area (Å²) >= 11 is 6.41. The van der Waals surface area contributed by atoms with Crippen molar-refractivity contribution in [2.75, 3.05) is 53.6 Å². The van der Waals surface area contributed by atoms with Gasteiger partial charge in [0.05, 0.1) is 37.2 Å². The molecule has 0 radical (unpaired) electrons. The number of carbonyl (C=O) groups is 2. The lowest BCUT2D eigenvalue weighted by atomic mass is 9.75. The van der Waals surface area contributed by atoms with Gasteiger partial charge in [-0.15, -0.1) is 0 Å². The van der Waals surface area contributed by atoms with E-state index in [-0.39, 0.29) is 57.6 Å². The van der Waals surface area contributed by atoms with Crippen molar-refractivity contribution in [3.8, 4) is 11.1 Å². The normalized spacial score (nSPS) is 17.0. The molecule has 1 N–H and O–H groups in total. The molecule has 7 aromatic rings. The number of amides is 1. The van der Waals surface area contributed by atoms with E-state index in [9.17, 15) is 18.9 Å². The molecule has 9 rings (SSSR count). The number of fused-ring (bicyclic) bond motifs is 4. The number of morpholine rings is 1. The van der Waals surface area contributed by atoms with Crippen molar-refractivity contribution in [3.05, 3.63) is 196 Å². The fraction of sp³-hybridized carbons (Fsp3) is 0.309. The van der Waals surface area contributed by atoms with Gasteiger partial charge in [-0.25, -0.2) is 23.6 Å². The molecule has 1 unspecified atom stereocenters. The van der Waals surface area contributed by atoms with Gasteiger partial charge in [0, 0.05) is 37.1 Å². The lowest BCUT2D eigenvalue weighted by molar-refractivity contribution is -0.148. The van der Waals surface area contributed by atoms with E-state index >= 15 is 0 Å². The Hall–Kier alpha value is -6.42. The van der Waals surface area contributed by atoms with Crippen LogP contribution >= 0.6 is 18.1 Å². The van der Waals surface area contributed by atoms with Crippen LogP contribution in [0.1, 0.15) is 66.4 Å². The van der Waals surface area contributed by atoms with Crippen molar-refractivity contribution in [1.29, 1.82) is 0 Å². The van der Waals surface area contributed by atoms with Gasteiger partial charge < -0.3 is 28.8 Å². The molecule has 0 bridgehead atoms. The summed E-state index contributed by atoms with van der Waals surface area (Å²) in [5.41, 5.74) is 5.31. The second-order valence-electron chi connectivity index (χ2n) is 19.0. The molecule has 2 aliphatic rings. The molecule has 17 heteroatoms. The molecule has 1 fully saturated rings.